The van der Waals surface area contributed by atoms with Crippen LogP contribution in [-0.4, -0.2) is 27.0 Å². The first-order valence-electron chi connectivity index (χ1n) is 9.85. The number of aliphatic hydroxyl groups excluding tert-OH is 1. The second kappa shape index (κ2) is 8.63. The number of nitrogens with two attached hydrogens (primary N) is 1. The summed E-state index contributed by atoms with van der Waals surface area (Å²) in [7, 11) is -8.23. The van der Waals surface area contributed by atoms with Crippen molar-refractivity contribution in [2.45, 2.75) is 11.7 Å². The second-order valence-electron chi connectivity index (χ2n) is 7.64. The van der Waals surface area contributed by atoms with E-state index < -0.39 is 42.9 Å². The minimum Gasteiger partial charge on any atom is -0.506 e. The largest absolute Gasteiger partial charge is 0.506 e. The molecule has 3 aromatic carbocycles. The molecule has 1 heterocycles. The van der Waals surface area contributed by atoms with Gasteiger partial charge < -0.3 is 10.2 Å². The van der Waals surface area contributed by atoms with E-state index >= 15 is 0 Å². The first-order valence-corrected chi connectivity index (χ1v) is 12.9. The third-order valence-corrected chi connectivity index (χ3v) is 7.69. The van der Waals surface area contributed by atoms with E-state index in [0.717, 1.165) is 12.3 Å². The molecule has 178 valence electrons. The van der Waals surface area contributed by atoms with Crippen molar-refractivity contribution < 1.29 is 31.4 Å². The summed E-state index contributed by atoms with van der Waals surface area (Å²) in [6.45, 7) is 0. The molecule has 5 N–H and O–H groups in total. The van der Waals surface area contributed by atoms with Gasteiger partial charge in [0.1, 0.15) is 22.5 Å². The summed E-state index contributed by atoms with van der Waals surface area (Å²) < 4.78 is 65.8. The smallest absolute Gasteiger partial charge is 0.330 e. The Bertz CT molecular complexity index is 1490. The quantitative estimate of drug-likeness (QED) is 0.404. The molecule has 0 saturated heterocycles. The van der Waals surface area contributed by atoms with E-state index in [2.05, 4.69) is 0 Å². The van der Waals surface area contributed by atoms with Crippen LogP contribution in [-0.2, 0) is 26.7 Å². The molecular formula is C22H20FN3O6S2. The zero-order valence-electron chi connectivity index (χ0n) is 17.5. The Labute approximate surface area is 195 Å². The van der Waals surface area contributed by atoms with E-state index in [-0.39, 0.29) is 17.7 Å². The number of hydrogen-bond acceptors (Lipinski definition) is 6. The summed E-state index contributed by atoms with van der Waals surface area (Å²) in [5.41, 5.74) is 1.34. The van der Waals surface area contributed by atoms with Gasteiger partial charge in [-0.15, -0.1) is 0 Å². The van der Waals surface area contributed by atoms with Gasteiger partial charge >= 0.3 is 10.2 Å². The molecule has 1 aliphatic heterocycles. The van der Waals surface area contributed by atoms with E-state index in [4.69, 9.17) is 5.14 Å². The number of nitrogens with zero attached hydrogens (tertiary/aromatic N) is 1. The number of sulfonamides is 1. The lowest BCUT2D eigenvalue weighted by molar-refractivity contribution is 0.392. The number of nitrogens with one attached hydrogen (secondary N) is 1. The van der Waals surface area contributed by atoms with Crippen LogP contribution in [0.25, 0.3) is 0 Å². The first-order chi connectivity index (χ1) is 16.0. The average Bonchev–Trinajstić information content (AvgIpc) is 3.01. The standard InChI is InChI=1S/C22H20FN3O6S2/c23-17-7-8-18(22(33(24,29)30)15-4-2-1-3-5-15)16(12-17)10-14-6-9-19(20(27)11-14)26-13-21(28)25-34(26,31)32/h1-9,11-13,22,25,27-28H,10H2,(H2,24,29,30). The normalized spacial score (nSPS) is 16.1. The molecule has 3 aromatic rings. The third-order valence-electron chi connectivity index (χ3n) is 5.22. The summed E-state index contributed by atoms with van der Waals surface area (Å²) in [6, 6.07) is 16.1. The van der Waals surface area contributed by atoms with E-state index in [1.807, 2.05) is 4.72 Å². The minimum atomic E-state index is -4.13. The molecule has 34 heavy (non-hydrogen) atoms. The highest BCUT2D eigenvalue weighted by Crippen LogP contribution is 2.35. The van der Waals surface area contributed by atoms with Gasteiger partial charge in [0.15, 0.2) is 0 Å². The van der Waals surface area contributed by atoms with Gasteiger partial charge in [0.2, 0.25) is 15.9 Å². The van der Waals surface area contributed by atoms with Gasteiger partial charge in [-0.3, -0.25) is 0 Å². The predicted molar refractivity (Wildman–Crippen MR) is 124 cm³/mol. The van der Waals surface area contributed by atoms with Crippen LogP contribution in [0.2, 0.25) is 0 Å². The van der Waals surface area contributed by atoms with Gasteiger partial charge in [-0.2, -0.15) is 8.42 Å². The van der Waals surface area contributed by atoms with Crippen LogP contribution in [0.4, 0.5) is 10.1 Å². The molecule has 9 nitrogen and oxygen atoms in total. The molecule has 1 aliphatic rings. The van der Waals surface area contributed by atoms with Crippen LogP contribution >= 0.6 is 0 Å². The Morgan fingerprint density at radius 2 is 1.74 bits per heavy atom. The molecule has 0 spiro atoms. The first kappa shape index (κ1) is 23.5. The van der Waals surface area contributed by atoms with E-state index in [0.29, 0.717) is 21.0 Å². The van der Waals surface area contributed by atoms with Crippen molar-refractivity contribution in [2.24, 2.45) is 5.14 Å². The number of primary sulfonamides is 1. The van der Waals surface area contributed by atoms with Crippen molar-refractivity contribution in [3.05, 3.63) is 107 Å². The Hall–Kier alpha value is -3.61. The third kappa shape index (κ3) is 4.69. The van der Waals surface area contributed by atoms with Crippen molar-refractivity contribution in [1.29, 1.82) is 0 Å². The van der Waals surface area contributed by atoms with Gasteiger partial charge in [-0.25, -0.2) is 27.0 Å². The molecule has 1 atom stereocenters. The van der Waals surface area contributed by atoms with Gasteiger partial charge in [0, 0.05) is 0 Å². The average molecular weight is 506 g/mol. The van der Waals surface area contributed by atoms with Gasteiger partial charge in [-0.1, -0.05) is 42.5 Å². The maximum atomic E-state index is 14.1. The summed E-state index contributed by atoms with van der Waals surface area (Å²) in [5, 5.41) is 24.2. The predicted octanol–water partition coefficient (Wildman–Crippen LogP) is 2.51. The lowest BCUT2D eigenvalue weighted by Crippen LogP contribution is -2.29. The minimum absolute atomic E-state index is 0.0197. The zero-order valence-corrected chi connectivity index (χ0v) is 19.1. The van der Waals surface area contributed by atoms with Crippen LogP contribution in [0, 0.1) is 5.82 Å². The number of aromatic hydroxyl groups is 1. The highest BCUT2D eigenvalue weighted by Gasteiger charge is 2.31. The molecule has 0 fully saturated rings. The molecular weight excluding hydrogens is 485 g/mol. The van der Waals surface area contributed by atoms with Gasteiger partial charge in [0.25, 0.3) is 0 Å². The summed E-state index contributed by atoms with van der Waals surface area (Å²) >= 11 is 0. The molecule has 1 unspecified atom stereocenters. The highest BCUT2D eigenvalue weighted by atomic mass is 32.2. The van der Waals surface area contributed by atoms with Crippen molar-refractivity contribution in [3.63, 3.8) is 0 Å². The molecule has 4 rings (SSSR count). The maximum absolute atomic E-state index is 14.1. The van der Waals surface area contributed by atoms with E-state index in [1.54, 1.807) is 30.3 Å². The molecule has 12 heteroatoms. The lowest BCUT2D eigenvalue weighted by atomic mass is 9.94. The fourth-order valence-electron chi connectivity index (χ4n) is 3.83. The van der Waals surface area contributed by atoms with Crippen LogP contribution in [0.15, 0.2) is 78.8 Å². The number of aliphatic hydroxyl groups is 1. The topological polar surface area (TPSA) is 150 Å². The number of anilines is 1. The van der Waals surface area contributed by atoms with Crippen LogP contribution in [0.5, 0.6) is 5.75 Å². The van der Waals surface area contributed by atoms with Crippen molar-refractivity contribution >= 4 is 25.9 Å². The Kier molecular flexibility index (Phi) is 5.98. The molecule has 0 radical (unpaired) electrons. The molecule has 0 amide bonds. The van der Waals surface area contributed by atoms with Crippen molar-refractivity contribution in [2.75, 3.05) is 4.31 Å². The molecule has 0 aromatic heterocycles. The fourth-order valence-corrected chi connectivity index (χ4v) is 6.02. The van der Waals surface area contributed by atoms with Crippen molar-refractivity contribution in [3.8, 4) is 5.75 Å². The maximum Gasteiger partial charge on any atom is 0.330 e. The molecule has 0 bridgehead atoms. The zero-order chi connectivity index (χ0) is 24.7. The highest BCUT2D eigenvalue weighted by molar-refractivity contribution is 7.91. The van der Waals surface area contributed by atoms with Gasteiger partial charge in [0.05, 0.1) is 6.20 Å². The summed E-state index contributed by atoms with van der Waals surface area (Å²) in [5.74, 6) is -1.61. The van der Waals surface area contributed by atoms with Crippen LogP contribution < -0.4 is 14.2 Å². The van der Waals surface area contributed by atoms with E-state index in [1.165, 1.54) is 30.3 Å². The number of halogens is 1. The van der Waals surface area contributed by atoms with Crippen molar-refractivity contribution in [1.82, 2.24) is 4.72 Å². The Morgan fingerprint density at radius 1 is 1.03 bits per heavy atom. The monoisotopic (exact) mass is 505 g/mol. The summed E-state index contributed by atoms with van der Waals surface area (Å²) in [6.07, 6.45) is 0.914. The Balaban J connectivity index is 1.75. The SMILES string of the molecule is NS(=O)(=O)C(c1ccccc1)c1ccc(F)cc1Cc1ccc(N2C=C(O)NS2(=O)=O)c(O)c1. The van der Waals surface area contributed by atoms with Crippen LogP contribution in [0.3, 0.4) is 0 Å². The van der Waals surface area contributed by atoms with Gasteiger partial charge in [-0.05, 0) is 52.9 Å². The lowest BCUT2D eigenvalue weighted by Gasteiger charge is -2.20. The number of benzene rings is 3. The number of hydrogen-bond donors (Lipinski definition) is 4. The number of rotatable bonds is 6. The fraction of sp³-hybridized carbons (Fsp3) is 0.0909. The number of phenolic OH excluding ortho intramolecular Hbond substituents is 1. The van der Waals surface area contributed by atoms with Crippen LogP contribution in [0.1, 0.15) is 27.5 Å². The number of phenols is 1. The van der Waals surface area contributed by atoms with E-state index in [9.17, 15) is 31.4 Å². The summed E-state index contributed by atoms with van der Waals surface area (Å²) in [4.78, 5) is 0. The second-order valence-corrected chi connectivity index (χ2v) is 10.8. The molecule has 0 aliphatic carbocycles. The Morgan fingerprint density at radius 3 is 2.32 bits per heavy atom. The molecule has 0 saturated carbocycles.